The number of nitrogen functional groups attached to an aromatic ring is 1. The lowest BCUT2D eigenvalue weighted by atomic mass is 10.3. The van der Waals surface area contributed by atoms with Gasteiger partial charge in [0, 0.05) is 0 Å². The predicted molar refractivity (Wildman–Crippen MR) is 63.2 cm³/mol. The maximum Gasteiger partial charge on any atom is 0.241 e. The third-order valence-electron chi connectivity index (χ3n) is 1.99. The Morgan fingerprint density at radius 1 is 1.40 bits per heavy atom. The molecule has 0 bridgehead atoms. The van der Waals surface area contributed by atoms with E-state index >= 15 is 0 Å². The van der Waals surface area contributed by atoms with Gasteiger partial charge in [0.25, 0.3) is 0 Å². The van der Waals surface area contributed by atoms with Gasteiger partial charge in [-0.25, -0.2) is 4.98 Å². The molecule has 84 valence electrons. The lowest BCUT2D eigenvalue weighted by Crippen LogP contribution is -1.99. The van der Waals surface area contributed by atoms with Crippen molar-refractivity contribution >= 4 is 17.4 Å². The number of nitrogens with two attached hydrogens (primary N) is 1. The van der Waals surface area contributed by atoms with Crippen LogP contribution in [0.3, 0.4) is 0 Å². The van der Waals surface area contributed by atoms with Crippen LogP contribution >= 0.6 is 11.8 Å². The molecule has 0 aromatic carbocycles. The van der Waals surface area contributed by atoms with Crippen LogP contribution in [0.25, 0.3) is 0 Å². The number of hydrogen-bond donors (Lipinski definition) is 1. The van der Waals surface area contributed by atoms with Crippen molar-refractivity contribution in [1.29, 1.82) is 0 Å². The third kappa shape index (κ3) is 3.58. The van der Waals surface area contributed by atoms with E-state index in [4.69, 9.17) is 10.5 Å². The minimum atomic E-state index is 0.461. The van der Waals surface area contributed by atoms with Gasteiger partial charge in [-0.1, -0.05) is 19.8 Å². The maximum atomic E-state index is 5.84. The van der Waals surface area contributed by atoms with Crippen LogP contribution < -0.4 is 10.5 Å². The normalized spacial score (nSPS) is 10.3. The van der Waals surface area contributed by atoms with Crippen LogP contribution in [0.5, 0.6) is 5.88 Å². The van der Waals surface area contributed by atoms with E-state index in [1.165, 1.54) is 25.6 Å². The quantitative estimate of drug-likeness (QED) is 0.459. The molecule has 1 aromatic heterocycles. The second-order valence-electron chi connectivity index (χ2n) is 3.16. The summed E-state index contributed by atoms with van der Waals surface area (Å²) in [6, 6.07) is 0. The summed E-state index contributed by atoms with van der Waals surface area (Å²) >= 11 is 1.66. The Kier molecular flexibility index (Phi) is 5.25. The van der Waals surface area contributed by atoms with Gasteiger partial charge in [-0.05, 0) is 12.2 Å². The molecule has 0 unspecified atom stereocenters. The minimum Gasteiger partial charge on any atom is -0.479 e. The summed E-state index contributed by atoms with van der Waals surface area (Å²) in [7, 11) is 1.56. The Labute approximate surface area is 94.6 Å². The average Bonchev–Trinajstić information content (AvgIpc) is 2.26. The number of anilines is 1. The second-order valence-corrected chi connectivity index (χ2v) is 4.24. The molecular formula is C10H17N3OS. The molecule has 15 heavy (non-hydrogen) atoms. The number of methoxy groups -OCH3 is 1. The molecule has 1 heterocycles. The molecule has 0 aliphatic carbocycles. The van der Waals surface area contributed by atoms with Gasteiger partial charge in [-0.3, -0.25) is 0 Å². The molecule has 0 amide bonds. The lowest BCUT2D eigenvalue weighted by Gasteiger charge is -2.06. The molecule has 4 nitrogen and oxygen atoms in total. The average molecular weight is 227 g/mol. The first-order chi connectivity index (χ1) is 7.29. The highest BCUT2D eigenvalue weighted by molar-refractivity contribution is 7.99. The van der Waals surface area contributed by atoms with Crippen LogP contribution in [0.1, 0.15) is 26.2 Å². The molecule has 0 saturated heterocycles. The molecule has 5 heteroatoms. The molecule has 0 saturated carbocycles. The first-order valence-electron chi connectivity index (χ1n) is 5.06. The Morgan fingerprint density at radius 2 is 2.20 bits per heavy atom. The number of thioether (sulfide) groups is 1. The third-order valence-corrected chi connectivity index (χ3v) is 3.08. The van der Waals surface area contributed by atoms with E-state index in [9.17, 15) is 0 Å². The SMILES string of the molecule is CCCCCSc1ncnc(OC)c1N. The number of ether oxygens (including phenoxy) is 1. The molecule has 0 spiro atoms. The minimum absolute atomic E-state index is 0.461. The van der Waals surface area contributed by atoms with Crippen molar-refractivity contribution in [3.05, 3.63) is 6.33 Å². The van der Waals surface area contributed by atoms with E-state index in [1.807, 2.05) is 0 Å². The Bertz CT molecular complexity index is 307. The van der Waals surface area contributed by atoms with Crippen molar-refractivity contribution in [2.75, 3.05) is 18.6 Å². The Morgan fingerprint density at radius 3 is 2.87 bits per heavy atom. The number of nitrogens with zero attached hydrogens (tertiary/aromatic N) is 2. The zero-order valence-electron chi connectivity index (χ0n) is 9.19. The number of hydrogen-bond acceptors (Lipinski definition) is 5. The maximum absolute atomic E-state index is 5.84. The van der Waals surface area contributed by atoms with Gasteiger partial charge in [-0.2, -0.15) is 4.98 Å². The van der Waals surface area contributed by atoms with Crippen molar-refractivity contribution in [1.82, 2.24) is 9.97 Å². The van der Waals surface area contributed by atoms with Gasteiger partial charge in [0.2, 0.25) is 5.88 Å². The van der Waals surface area contributed by atoms with Crippen molar-refractivity contribution in [3.63, 3.8) is 0 Å². The second kappa shape index (κ2) is 6.50. The van der Waals surface area contributed by atoms with Gasteiger partial charge in [0.1, 0.15) is 17.0 Å². The molecule has 1 aromatic rings. The van der Waals surface area contributed by atoms with E-state index in [-0.39, 0.29) is 0 Å². The van der Waals surface area contributed by atoms with E-state index in [0.717, 1.165) is 10.8 Å². The van der Waals surface area contributed by atoms with Gasteiger partial charge >= 0.3 is 0 Å². The number of unbranched alkanes of at least 4 members (excludes halogenated alkanes) is 2. The molecule has 0 aliphatic rings. The van der Waals surface area contributed by atoms with Crippen LogP contribution in [0.15, 0.2) is 11.4 Å². The van der Waals surface area contributed by atoms with Crippen LogP contribution in [0.4, 0.5) is 5.69 Å². The number of rotatable bonds is 6. The van der Waals surface area contributed by atoms with Gasteiger partial charge in [-0.15, -0.1) is 11.8 Å². The lowest BCUT2D eigenvalue weighted by molar-refractivity contribution is 0.397. The van der Waals surface area contributed by atoms with Crippen molar-refractivity contribution in [3.8, 4) is 5.88 Å². The van der Waals surface area contributed by atoms with Crippen molar-refractivity contribution in [2.45, 2.75) is 31.2 Å². The summed E-state index contributed by atoms with van der Waals surface area (Å²) in [6.45, 7) is 2.19. The Hall–Kier alpha value is -0.970. The zero-order chi connectivity index (χ0) is 11.1. The van der Waals surface area contributed by atoms with Crippen LogP contribution in [-0.2, 0) is 0 Å². The highest BCUT2D eigenvalue weighted by Gasteiger charge is 2.07. The fourth-order valence-electron chi connectivity index (χ4n) is 1.16. The van der Waals surface area contributed by atoms with Gasteiger partial charge < -0.3 is 10.5 Å². The molecule has 1 rings (SSSR count). The topological polar surface area (TPSA) is 61.0 Å². The number of aromatic nitrogens is 2. The van der Waals surface area contributed by atoms with E-state index in [0.29, 0.717) is 11.6 Å². The Balaban J connectivity index is 2.53. The van der Waals surface area contributed by atoms with E-state index < -0.39 is 0 Å². The first-order valence-corrected chi connectivity index (χ1v) is 6.05. The molecule has 0 atom stereocenters. The molecular weight excluding hydrogens is 210 g/mol. The standard InChI is InChI=1S/C10H17N3OS/c1-3-4-5-6-15-10-8(11)9(14-2)12-7-13-10/h7H,3-6,11H2,1-2H3. The van der Waals surface area contributed by atoms with Crippen LogP contribution in [0.2, 0.25) is 0 Å². The van der Waals surface area contributed by atoms with E-state index in [1.54, 1.807) is 18.9 Å². The summed E-state index contributed by atoms with van der Waals surface area (Å²) < 4.78 is 5.02. The fraction of sp³-hybridized carbons (Fsp3) is 0.600. The molecule has 0 fully saturated rings. The smallest absolute Gasteiger partial charge is 0.241 e. The molecule has 0 radical (unpaired) electrons. The van der Waals surface area contributed by atoms with Crippen molar-refractivity contribution < 1.29 is 4.74 Å². The predicted octanol–water partition coefficient (Wildman–Crippen LogP) is 2.35. The van der Waals surface area contributed by atoms with Crippen LogP contribution in [-0.4, -0.2) is 22.8 Å². The highest BCUT2D eigenvalue weighted by Crippen LogP contribution is 2.28. The van der Waals surface area contributed by atoms with Gasteiger partial charge in [0.05, 0.1) is 7.11 Å². The fourth-order valence-corrected chi connectivity index (χ4v) is 2.07. The zero-order valence-corrected chi connectivity index (χ0v) is 10.0. The first kappa shape index (κ1) is 12.1. The summed E-state index contributed by atoms with van der Waals surface area (Å²) in [4.78, 5) is 8.06. The summed E-state index contributed by atoms with van der Waals surface area (Å²) in [6.07, 6.45) is 5.14. The summed E-state index contributed by atoms with van der Waals surface area (Å²) in [5.41, 5.74) is 6.38. The largest absolute Gasteiger partial charge is 0.479 e. The van der Waals surface area contributed by atoms with Crippen LogP contribution in [0, 0.1) is 0 Å². The van der Waals surface area contributed by atoms with Crippen molar-refractivity contribution in [2.24, 2.45) is 0 Å². The highest BCUT2D eigenvalue weighted by atomic mass is 32.2. The van der Waals surface area contributed by atoms with E-state index in [2.05, 4.69) is 16.9 Å². The summed E-state index contributed by atoms with van der Waals surface area (Å²) in [5, 5.41) is 0.818. The molecule has 2 N–H and O–H groups in total. The van der Waals surface area contributed by atoms with Gasteiger partial charge in [0.15, 0.2) is 0 Å². The summed E-state index contributed by atoms with van der Waals surface area (Å²) in [5.74, 6) is 1.50. The monoisotopic (exact) mass is 227 g/mol. The molecule has 0 aliphatic heterocycles.